The fourth-order valence-electron chi connectivity index (χ4n) is 3.20. The molecule has 2 aromatic rings. The van der Waals surface area contributed by atoms with Gasteiger partial charge >= 0.3 is 5.97 Å². The predicted molar refractivity (Wildman–Crippen MR) is 77.1 cm³/mol. The molecule has 5 heteroatoms. The van der Waals surface area contributed by atoms with E-state index < -0.39 is 11.5 Å². The van der Waals surface area contributed by atoms with Crippen LogP contribution in [0, 0.1) is 0 Å². The maximum Gasteiger partial charge on any atom is 0.329 e. The van der Waals surface area contributed by atoms with Gasteiger partial charge in [-0.1, -0.05) is 25.1 Å². The Morgan fingerprint density at radius 3 is 2.86 bits per heavy atom. The van der Waals surface area contributed by atoms with E-state index in [0.717, 1.165) is 5.39 Å². The Balaban J connectivity index is 2.03. The van der Waals surface area contributed by atoms with E-state index in [1.807, 2.05) is 25.1 Å². The number of carbonyl (C=O) groups is 2. The first-order valence-corrected chi connectivity index (χ1v) is 7.12. The lowest BCUT2D eigenvalue weighted by Crippen LogP contribution is -2.52. The SMILES string of the molecule is CCC1(C(=O)O)CCCN1C(=O)c1coc2ccccc12. The lowest BCUT2D eigenvalue weighted by atomic mass is 9.92. The summed E-state index contributed by atoms with van der Waals surface area (Å²) in [5, 5.41) is 10.3. The Bertz CT molecular complexity index is 705. The van der Waals surface area contributed by atoms with Crippen molar-refractivity contribution in [3.63, 3.8) is 0 Å². The van der Waals surface area contributed by atoms with Crippen LogP contribution in [-0.4, -0.2) is 34.0 Å². The van der Waals surface area contributed by atoms with Gasteiger partial charge in [-0.3, -0.25) is 4.79 Å². The van der Waals surface area contributed by atoms with Crippen LogP contribution in [0.2, 0.25) is 0 Å². The molecule has 1 saturated heterocycles. The minimum atomic E-state index is -1.09. The zero-order valence-electron chi connectivity index (χ0n) is 11.8. The molecule has 2 heterocycles. The van der Waals surface area contributed by atoms with Crippen molar-refractivity contribution < 1.29 is 19.1 Å². The number of hydrogen-bond acceptors (Lipinski definition) is 3. The minimum absolute atomic E-state index is 0.262. The number of benzene rings is 1. The highest BCUT2D eigenvalue weighted by molar-refractivity contribution is 6.07. The molecule has 3 rings (SSSR count). The van der Waals surface area contributed by atoms with Crippen molar-refractivity contribution in [3.8, 4) is 0 Å². The molecule has 0 radical (unpaired) electrons. The Morgan fingerprint density at radius 1 is 1.38 bits per heavy atom. The number of furan rings is 1. The summed E-state index contributed by atoms with van der Waals surface area (Å²) in [5.74, 6) is -1.19. The van der Waals surface area contributed by atoms with Gasteiger partial charge in [-0.25, -0.2) is 4.79 Å². The van der Waals surface area contributed by atoms with E-state index in [9.17, 15) is 14.7 Å². The standard InChI is InChI=1S/C16H17NO4/c1-2-16(15(19)20)8-5-9-17(16)14(18)12-10-21-13-7-4-3-6-11(12)13/h3-4,6-7,10H,2,5,8-9H2,1H3,(H,19,20). The predicted octanol–water partition coefficient (Wildman–Crippen LogP) is 2.90. The van der Waals surface area contributed by atoms with Gasteiger partial charge in [0, 0.05) is 11.9 Å². The summed E-state index contributed by atoms with van der Waals surface area (Å²) in [6, 6.07) is 7.28. The Kier molecular flexibility index (Phi) is 3.20. The molecule has 1 atom stereocenters. The van der Waals surface area contributed by atoms with Crippen LogP contribution in [0.4, 0.5) is 0 Å². The molecule has 0 aliphatic carbocycles. The van der Waals surface area contributed by atoms with Crippen molar-refractivity contribution >= 4 is 22.8 Å². The lowest BCUT2D eigenvalue weighted by Gasteiger charge is -2.33. The van der Waals surface area contributed by atoms with Crippen LogP contribution in [-0.2, 0) is 4.79 Å². The molecule has 0 spiro atoms. The van der Waals surface area contributed by atoms with Crippen molar-refractivity contribution in [2.24, 2.45) is 0 Å². The molecule has 1 amide bonds. The number of amides is 1. The molecule has 1 aliphatic rings. The highest BCUT2D eigenvalue weighted by atomic mass is 16.4. The first kappa shape index (κ1) is 13.7. The molecule has 1 N–H and O–H groups in total. The summed E-state index contributed by atoms with van der Waals surface area (Å²) in [7, 11) is 0. The van der Waals surface area contributed by atoms with E-state index in [0.29, 0.717) is 37.0 Å². The Morgan fingerprint density at radius 2 is 2.14 bits per heavy atom. The molecular formula is C16H17NO4. The number of carboxylic acid groups (broad SMARTS) is 1. The molecule has 21 heavy (non-hydrogen) atoms. The second kappa shape index (κ2) is 4.91. The number of fused-ring (bicyclic) bond motifs is 1. The van der Waals surface area contributed by atoms with Gasteiger partial charge in [0.1, 0.15) is 17.4 Å². The smallest absolute Gasteiger partial charge is 0.329 e. The molecule has 1 fully saturated rings. The second-order valence-corrected chi connectivity index (χ2v) is 5.40. The van der Waals surface area contributed by atoms with E-state index in [1.165, 1.54) is 11.2 Å². The van der Waals surface area contributed by atoms with Gasteiger partial charge in [0.05, 0.1) is 5.56 Å². The zero-order chi connectivity index (χ0) is 15.0. The molecule has 1 unspecified atom stereocenters. The van der Waals surface area contributed by atoms with Gasteiger partial charge in [0.2, 0.25) is 0 Å². The summed E-state index contributed by atoms with van der Waals surface area (Å²) in [5.41, 5.74) is -0.0147. The Hall–Kier alpha value is -2.30. The summed E-state index contributed by atoms with van der Waals surface area (Å²) in [6.45, 7) is 2.28. The summed E-state index contributed by atoms with van der Waals surface area (Å²) >= 11 is 0. The average Bonchev–Trinajstić information content (AvgIpc) is 3.11. The second-order valence-electron chi connectivity index (χ2n) is 5.40. The van der Waals surface area contributed by atoms with Crippen LogP contribution in [0.1, 0.15) is 36.5 Å². The van der Waals surface area contributed by atoms with E-state index in [-0.39, 0.29) is 5.91 Å². The maximum absolute atomic E-state index is 12.8. The highest BCUT2D eigenvalue weighted by Crippen LogP contribution is 2.35. The van der Waals surface area contributed by atoms with Crippen molar-refractivity contribution in [3.05, 3.63) is 36.1 Å². The molecule has 1 aromatic carbocycles. The fourth-order valence-corrected chi connectivity index (χ4v) is 3.20. The third kappa shape index (κ3) is 1.92. The quantitative estimate of drug-likeness (QED) is 0.942. The number of rotatable bonds is 3. The normalized spacial score (nSPS) is 21.9. The first-order valence-electron chi connectivity index (χ1n) is 7.12. The van der Waals surface area contributed by atoms with E-state index >= 15 is 0 Å². The molecule has 1 aromatic heterocycles. The van der Waals surface area contributed by atoms with Crippen LogP contribution in [0.25, 0.3) is 11.0 Å². The number of carboxylic acids is 1. The third-order valence-electron chi connectivity index (χ3n) is 4.43. The molecule has 0 bridgehead atoms. The largest absolute Gasteiger partial charge is 0.479 e. The van der Waals surface area contributed by atoms with E-state index in [4.69, 9.17) is 4.42 Å². The first-order chi connectivity index (χ1) is 10.1. The molecule has 5 nitrogen and oxygen atoms in total. The van der Waals surface area contributed by atoms with E-state index in [1.54, 1.807) is 6.07 Å². The van der Waals surface area contributed by atoms with Crippen molar-refractivity contribution in [2.75, 3.05) is 6.54 Å². The molecule has 1 aliphatic heterocycles. The molecular weight excluding hydrogens is 270 g/mol. The number of para-hydroxylation sites is 1. The minimum Gasteiger partial charge on any atom is -0.479 e. The van der Waals surface area contributed by atoms with Gasteiger partial charge in [0.15, 0.2) is 0 Å². The monoisotopic (exact) mass is 287 g/mol. The van der Waals surface area contributed by atoms with Crippen LogP contribution in [0.5, 0.6) is 0 Å². The van der Waals surface area contributed by atoms with Gasteiger partial charge in [-0.2, -0.15) is 0 Å². The third-order valence-corrected chi connectivity index (χ3v) is 4.43. The number of likely N-dealkylation sites (tertiary alicyclic amines) is 1. The topological polar surface area (TPSA) is 70.8 Å². The molecule has 110 valence electrons. The van der Waals surface area contributed by atoms with Crippen molar-refractivity contribution in [2.45, 2.75) is 31.7 Å². The van der Waals surface area contributed by atoms with Gasteiger partial charge in [-0.15, -0.1) is 0 Å². The maximum atomic E-state index is 12.8. The summed E-state index contributed by atoms with van der Waals surface area (Å²) in [6.07, 6.45) is 3.04. The van der Waals surface area contributed by atoms with Crippen molar-refractivity contribution in [1.82, 2.24) is 4.90 Å². The number of nitrogens with zero attached hydrogens (tertiary/aromatic N) is 1. The number of carbonyl (C=O) groups excluding carboxylic acids is 1. The number of aliphatic carboxylic acids is 1. The zero-order valence-corrected chi connectivity index (χ0v) is 11.8. The summed E-state index contributed by atoms with van der Waals surface area (Å²) < 4.78 is 5.40. The average molecular weight is 287 g/mol. The lowest BCUT2D eigenvalue weighted by molar-refractivity contribution is -0.148. The fraction of sp³-hybridized carbons (Fsp3) is 0.375. The number of hydrogen-bond donors (Lipinski definition) is 1. The van der Waals surface area contributed by atoms with E-state index in [2.05, 4.69) is 0 Å². The summed E-state index contributed by atoms with van der Waals surface area (Å²) in [4.78, 5) is 26.0. The van der Waals surface area contributed by atoms with Gasteiger partial charge in [0.25, 0.3) is 5.91 Å². The van der Waals surface area contributed by atoms with Crippen LogP contribution < -0.4 is 0 Å². The Labute approximate surface area is 122 Å². The van der Waals surface area contributed by atoms with Gasteiger partial charge in [-0.05, 0) is 25.3 Å². The highest BCUT2D eigenvalue weighted by Gasteiger charge is 2.49. The van der Waals surface area contributed by atoms with Crippen LogP contribution in [0.3, 0.4) is 0 Å². The van der Waals surface area contributed by atoms with Crippen LogP contribution >= 0.6 is 0 Å². The molecule has 0 saturated carbocycles. The van der Waals surface area contributed by atoms with Crippen molar-refractivity contribution in [1.29, 1.82) is 0 Å². The van der Waals surface area contributed by atoms with Crippen LogP contribution in [0.15, 0.2) is 34.9 Å². The van der Waals surface area contributed by atoms with Gasteiger partial charge < -0.3 is 14.4 Å².